The second kappa shape index (κ2) is 7.79. The maximum absolute atomic E-state index is 12.3. The van der Waals surface area contributed by atoms with Gasteiger partial charge >= 0.3 is 0 Å². The summed E-state index contributed by atoms with van der Waals surface area (Å²) >= 11 is 0. The van der Waals surface area contributed by atoms with Crippen LogP contribution >= 0.6 is 0 Å². The fourth-order valence-corrected chi connectivity index (χ4v) is 3.39. The van der Waals surface area contributed by atoms with E-state index in [2.05, 4.69) is 15.0 Å². The Balaban J connectivity index is 1.58. The molecule has 0 unspecified atom stereocenters. The number of carbonyl (C=O) groups excluding carboxylic acids is 1. The van der Waals surface area contributed by atoms with Crippen molar-refractivity contribution >= 4 is 32.7 Å². The predicted molar refractivity (Wildman–Crippen MR) is 106 cm³/mol. The Kier molecular flexibility index (Phi) is 5.46. The fourth-order valence-electron chi connectivity index (χ4n) is 2.75. The van der Waals surface area contributed by atoms with Gasteiger partial charge in [-0.1, -0.05) is 12.1 Å². The van der Waals surface area contributed by atoms with Crippen LogP contribution in [0.4, 0.5) is 5.69 Å². The number of benzene rings is 2. The molecule has 0 saturated carbocycles. The molecule has 2 aromatic carbocycles. The molecule has 0 spiro atoms. The van der Waals surface area contributed by atoms with Gasteiger partial charge in [0.25, 0.3) is 5.91 Å². The average Bonchev–Trinajstić information content (AvgIpc) is 2.98. The van der Waals surface area contributed by atoms with Gasteiger partial charge in [-0.25, -0.2) is 13.4 Å². The van der Waals surface area contributed by atoms with Crippen molar-refractivity contribution in [2.45, 2.75) is 13.3 Å². The number of aromatic nitrogens is 2. The Hall–Kier alpha value is -2.87. The van der Waals surface area contributed by atoms with Crippen molar-refractivity contribution in [3.8, 4) is 0 Å². The molecule has 1 aromatic heterocycles. The van der Waals surface area contributed by atoms with Gasteiger partial charge in [0, 0.05) is 31.3 Å². The summed E-state index contributed by atoms with van der Waals surface area (Å²) in [5.74, 6) is 0.691. The Morgan fingerprint density at radius 1 is 1.11 bits per heavy atom. The number of nitrogens with one attached hydrogen (secondary N) is 2. The monoisotopic (exact) mass is 386 g/mol. The minimum atomic E-state index is -3.33. The summed E-state index contributed by atoms with van der Waals surface area (Å²) in [5.41, 5.74) is 2.91. The number of carbonyl (C=O) groups is 1. The van der Waals surface area contributed by atoms with E-state index in [9.17, 15) is 13.2 Å². The van der Waals surface area contributed by atoms with Crippen molar-refractivity contribution in [1.29, 1.82) is 0 Å². The SMILES string of the molecule is CCS(=O)(=O)Nc1ccc(C(=O)NCCc2nc3ccccc3n2C)cc1. The number of fused-ring (bicyclic) bond motifs is 1. The number of hydrogen-bond donors (Lipinski definition) is 2. The molecular formula is C19H22N4O3S. The molecule has 3 rings (SSSR count). The molecule has 0 aliphatic rings. The van der Waals surface area contributed by atoms with Gasteiger partial charge < -0.3 is 9.88 Å². The largest absolute Gasteiger partial charge is 0.352 e. The van der Waals surface area contributed by atoms with Crippen LogP contribution in [0, 0.1) is 0 Å². The lowest BCUT2D eigenvalue weighted by Crippen LogP contribution is -2.26. The quantitative estimate of drug-likeness (QED) is 0.652. The van der Waals surface area contributed by atoms with Gasteiger partial charge in [0.05, 0.1) is 16.8 Å². The highest BCUT2D eigenvalue weighted by atomic mass is 32.2. The molecule has 3 aromatic rings. The second-order valence-corrected chi connectivity index (χ2v) is 8.18. The van der Waals surface area contributed by atoms with Crippen LogP contribution in [-0.2, 0) is 23.5 Å². The van der Waals surface area contributed by atoms with E-state index in [1.54, 1.807) is 31.2 Å². The number of nitrogens with zero attached hydrogens (tertiary/aromatic N) is 2. The lowest BCUT2D eigenvalue weighted by molar-refractivity contribution is 0.0954. The lowest BCUT2D eigenvalue weighted by Gasteiger charge is -2.08. The number of sulfonamides is 1. The first-order chi connectivity index (χ1) is 12.9. The minimum absolute atomic E-state index is 0.00254. The number of aryl methyl sites for hydroxylation is 1. The molecular weight excluding hydrogens is 364 g/mol. The summed E-state index contributed by atoms with van der Waals surface area (Å²) in [5, 5.41) is 2.87. The predicted octanol–water partition coefficient (Wildman–Crippen LogP) is 2.31. The van der Waals surface area contributed by atoms with Gasteiger partial charge in [0.15, 0.2) is 0 Å². The molecule has 0 saturated heterocycles. The van der Waals surface area contributed by atoms with Crippen LogP contribution in [0.3, 0.4) is 0 Å². The van der Waals surface area contributed by atoms with Crippen LogP contribution in [0.1, 0.15) is 23.1 Å². The van der Waals surface area contributed by atoms with Gasteiger partial charge in [-0.3, -0.25) is 9.52 Å². The Labute approximate surface area is 158 Å². The summed E-state index contributed by atoms with van der Waals surface area (Å²) in [4.78, 5) is 16.8. The van der Waals surface area contributed by atoms with Crippen molar-refractivity contribution in [2.75, 3.05) is 17.0 Å². The summed E-state index contributed by atoms with van der Waals surface area (Å²) in [6, 6.07) is 14.2. The van der Waals surface area contributed by atoms with E-state index in [1.165, 1.54) is 0 Å². The number of anilines is 1. The molecule has 7 nitrogen and oxygen atoms in total. The first-order valence-electron chi connectivity index (χ1n) is 8.68. The fraction of sp³-hybridized carbons (Fsp3) is 0.263. The van der Waals surface area contributed by atoms with E-state index >= 15 is 0 Å². The number of para-hydroxylation sites is 2. The zero-order chi connectivity index (χ0) is 19.4. The summed E-state index contributed by atoms with van der Waals surface area (Å²) in [7, 11) is -1.36. The van der Waals surface area contributed by atoms with Gasteiger partial charge in [-0.2, -0.15) is 0 Å². The first-order valence-corrected chi connectivity index (χ1v) is 10.3. The van der Waals surface area contributed by atoms with Crippen molar-refractivity contribution in [1.82, 2.24) is 14.9 Å². The Bertz CT molecular complexity index is 1060. The number of hydrogen-bond acceptors (Lipinski definition) is 4. The topological polar surface area (TPSA) is 93.1 Å². The number of rotatable bonds is 7. The van der Waals surface area contributed by atoms with E-state index in [-0.39, 0.29) is 11.7 Å². The van der Waals surface area contributed by atoms with E-state index in [0.29, 0.717) is 24.2 Å². The molecule has 0 fully saturated rings. The zero-order valence-electron chi connectivity index (χ0n) is 15.3. The molecule has 1 amide bonds. The minimum Gasteiger partial charge on any atom is -0.352 e. The van der Waals surface area contributed by atoms with E-state index in [0.717, 1.165) is 16.9 Å². The van der Waals surface area contributed by atoms with Crippen molar-refractivity contribution in [3.05, 3.63) is 59.9 Å². The standard InChI is InChI=1S/C19H22N4O3S/c1-3-27(25,26)22-15-10-8-14(9-11-15)19(24)20-13-12-18-21-16-6-4-5-7-17(16)23(18)2/h4-11,22H,3,12-13H2,1-2H3,(H,20,24). The Morgan fingerprint density at radius 3 is 2.48 bits per heavy atom. The zero-order valence-corrected chi connectivity index (χ0v) is 16.1. The molecule has 142 valence electrons. The summed E-state index contributed by atoms with van der Waals surface area (Å²) in [6.07, 6.45) is 0.616. The number of imidazole rings is 1. The number of amides is 1. The van der Waals surface area contributed by atoms with Crippen molar-refractivity contribution in [2.24, 2.45) is 7.05 Å². The van der Waals surface area contributed by atoms with Crippen LogP contribution in [0.5, 0.6) is 0 Å². The van der Waals surface area contributed by atoms with Crippen LogP contribution in [0.15, 0.2) is 48.5 Å². The average molecular weight is 386 g/mol. The normalized spacial score (nSPS) is 11.5. The third-order valence-electron chi connectivity index (χ3n) is 4.31. The van der Waals surface area contributed by atoms with Gasteiger partial charge in [-0.05, 0) is 43.3 Å². The van der Waals surface area contributed by atoms with Crippen LogP contribution in [0.25, 0.3) is 11.0 Å². The third kappa shape index (κ3) is 4.46. The maximum atomic E-state index is 12.3. The molecule has 0 atom stereocenters. The van der Waals surface area contributed by atoms with Gasteiger partial charge in [-0.15, -0.1) is 0 Å². The van der Waals surface area contributed by atoms with E-state index < -0.39 is 10.0 Å². The smallest absolute Gasteiger partial charge is 0.251 e. The van der Waals surface area contributed by atoms with Gasteiger partial charge in [0.1, 0.15) is 5.82 Å². The van der Waals surface area contributed by atoms with E-state index in [1.807, 2.05) is 35.9 Å². The molecule has 8 heteroatoms. The molecule has 0 bridgehead atoms. The van der Waals surface area contributed by atoms with Gasteiger partial charge in [0.2, 0.25) is 10.0 Å². The first kappa shape index (κ1) is 18.9. The summed E-state index contributed by atoms with van der Waals surface area (Å²) in [6.45, 7) is 2.02. The second-order valence-electron chi connectivity index (χ2n) is 6.16. The van der Waals surface area contributed by atoms with Crippen molar-refractivity contribution in [3.63, 3.8) is 0 Å². The molecule has 27 heavy (non-hydrogen) atoms. The van der Waals surface area contributed by atoms with Crippen LogP contribution < -0.4 is 10.0 Å². The highest BCUT2D eigenvalue weighted by molar-refractivity contribution is 7.92. The molecule has 0 radical (unpaired) electrons. The third-order valence-corrected chi connectivity index (χ3v) is 5.62. The molecule has 0 aliphatic heterocycles. The molecule has 2 N–H and O–H groups in total. The van der Waals surface area contributed by atoms with Crippen LogP contribution in [-0.4, -0.2) is 36.2 Å². The van der Waals surface area contributed by atoms with E-state index in [4.69, 9.17) is 0 Å². The summed E-state index contributed by atoms with van der Waals surface area (Å²) < 4.78 is 27.6. The molecule has 0 aliphatic carbocycles. The maximum Gasteiger partial charge on any atom is 0.251 e. The highest BCUT2D eigenvalue weighted by Gasteiger charge is 2.10. The molecule has 1 heterocycles. The highest BCUT2D eigenvalue weighted by Crippen LogP contribution is 2.14. The van der Waals surface area contributed by atoms with Crippen LogP contribution in [0.2, 0.25) is 0 Å². The van der Waals surface area contributed by atoms with Crippen molar-refractivity contribution < 1.29 is 13.2 Å². The Morgan fingerprint density at radius 2 is 1.81 bits per heavy atom. The lowest BCUT2D eigenvalue weighted by atomic mass is 10.2.